The SMILES string of the molecule is [C-]#[N+]c1ccc(Oc2ccc3c(c2)COB3O)c(OCC(=O)CC(=O)CC)c1. The van der Waals surface area contributed by atoms with E-state index in [0.717, 1.165) is 5.56 Å². The molecular weight excluding hydrogens is 361 g/mol. The zero-order valence-electron chi connectivity index (χ0n) is 15.3. The summed E-state index contributed by atoms with van der Waals surface area (Å²) in [4.78, 5) is 26.6. The van der Waals surface area contributed by atoms with E-state index in [1.165, 1.54) is 6.07 Å². The van der Waals surface area contributed by atoms with Crippen LogP contribution >= 0.6 is 0 Å². The quantitative estimate of drug-likeness (QED) is 0.431. The van der Waals surface area contributed by atoms with Crippen molar-refractivity contribution in [2.75, 3.05) is 6.61 Å². The Balaban J connectivity index is 1.76. The molecule has 1 N–H and O–H groups in total. The largest absolute Gasteiger partial charge is 0.491 e. The van der Waals surface area contributed by atoms with E-state index in [1.807, 2.05) is 0 Å². The molecular formula is C20H18BNO6. The molecule has 0 aliphatic carbocycles. The molecule has 0 saturated carbocycles. The van der Waals surface area contributed by atoms with Crippen LogP contribution in [0.1, 0.15) is 25.3 Å². The number of rotatable bonds is 8. The van der Waals surface area contributed by atoms with Crippen LogP contribution in [0.3, 0.4) is 0 Å². The van der Waals surface area contributed by atoms with E-state index in [4.69, 9.17) is 20.7 Å². The summed E-state index contributed by atoms with van der Waals surface area (Å²) in [7, 11) is -0.933. The number of hydrogen-bond donors (Lipinski definition) is 1. The van der Waals surface area contributed by atoms with Gasteiger partial charge in [-0.2, -0.15) is 0 Å². The first-order chi connectivity index (χ1) is 13.5. The summed E-state index contributed by atoms with van der Waals surface area (Å²) in [6.45, 7) is 8.85. The molecule has 2 aromatic rings. The predicted octanol–water partition coefficient (Wildman–Crippen LogP) is 2.56. The minimum atomic E-state index is -0.933. The Morgan fingerprint density at radius 3 is 2.79 bits per heavy atom. The van der Waals surface area contributed by atoms with Crippen molar-refractivity contribution in [2.24, 2.45) is 0 Å². The van der Waals surface area contributed by atoms with E-state index in [0.29, 0.717) is 29.1 Å². The van der Waals surface area contributed by atoms with Gasteiger partial charge in [0.1, 0.15) is 18.1 Å². The van der Waals surface area contributed by atoms with Crippen molar-refractivity contribution in [2.45, 2.75) is 26.4 Å². The lowest BCUT2D eigenvalue weighted by Gasteiger charge is -2.13. The van der Waals surface area contributed by atoms with Crippen LogP contribution in [-0.2, 0) is 20.9 Å². The third kappa shape index (κ3) is 4.57. The van der Waals surface area contributed by atoms with Gasteiger partial charge in [0, 0.05) is 6.42 Å². The van der Waals surface area contributed by atoms with Gasteiger partial charge in [0.25, 0.3) is 0 Å². The van der Waals surface area contributed by atoms with Gasteiger partial charge in [-0.3, -0.25) is 9.59 Å². The van der Waals surface area contributed by atoms with Crippen LogP contribution in [-0.4, -0.2) is 30.3 Å². The first kappa shape index (κ1) is 19.6. The minimum Gasteiger partial charge on any atom is -0.483 e. The molecule has 0 unspecified atom stereocenters. The van der Waals surface area contributed by atoms with Gasteiger partial charge in [-0.05, 0) is 35.3 Å². The van der Waals surface area contributed by atoms with E-state index in [-0.39, 0.29) is 37.0 Å². The monoisotopic (exact) mass is 379 g/mol. The summed E-state index contributed by atoms with van der Waals surface area (Å²) in [5.74, 6) is 0.588. The van der Waals surface area contributed by atoms with Crippen LogP contribution in [0.2, 0.25) is 0 Å². The molecule has 1 heterocycles. The lowest BCUT2D eigenvalue weighted by molar-refractivity contribution is -0.128. The van der Waals surface area contributed by atoms with Gasteiger partial charge in [0.2, 0.25) is 0 Å². The Morgan fingerprint density at radius 2 is 2.04 bits per heavy atom. The molecule has 1 aliphatic rings. The summed E-state index contributed by atoms with van der Waals surface area (Å²) < 4.78 is 16.6. The van der Waals surface area contributed by atoms with E-state index < -0.39 is 7.12 Å². The van der Waals surface area contributed by atoms with Crippen molar-refractivity contribution in [1.82, 2.24) is 0 Å². The zero-order chi connectivity index (χ0) is 20.1. The Kier molecular flexibility index (Phi) is 6.09. The molecule has 0 saturated heterocycles. The van der Waals surface area contributed by atoms with Crippen molar-refractivity contribution < 1.29 is 28.7 Å². The van der Waals surface area contributed by atoms with Crippen LogP contribution in [0.15, 0.2) is 36.4 Å². The van der Waals surface area contributed by atoms with Gasteiger partial charge in [-0.15, -0.1) is 0 Å². The highest BCUT2D eigenvalue weighted by Crippen LogP contribution is 2.35. The summed E-state index contributed by atoms with van der Waals surface area (Å²) in [5, 5.41) is 9.70. The minimum absolute atomic E-state index is 0.150. The van der Waals surface area contributed by atoms with Crippen molar-refractivity contribution in [1.29, 1.82) is 0 Å². The average molecular weight is 379 g/mol. The van der Waals surface area contributed by atoms with Crippen molar-refractivity contribution in [3.8, 4) is 17.2 Å². The number of carbonyl (C=O) groups is 2. The van der Waals surface area contributed by atoms with Gasteiger partial charge < -0.3 is 19.2 Å². The Labute approximate surface area is 162 Å². The van der Waals surface area contributed by atoms with Crippen molar-refractivity contribution in [3.05, 3.63) is 53.4 Å². The highest BCUT2D eigenvalue weighted by molar-refractivity contribution is 6.61. The second kappa shape index (κ2) is 8.70. The summed E-state index contributed by atoms with van der Waals surface area (Å²) in [6, 6.07) is 9.81. The Hall–Kier alpha value is -3.15. The van der Waals surface area contributed by atoms with Gasteiger partial charge >= 0.3 is 7.12 Å². The van der Waals surface area contributed by atoms with E-state index in [1.54, 1.807) is 37.3 Å². The molecule has 2 aromatic carbocycles. The highest BCUT2D eigenvalue weighted by Gasteiger charge is 2.27. The molecule has 0 aromatic heterocycles. The first-order valence-corrected chi connectivity index (χ1v) is 8.78. The normalized spacial score (nSPS) is 12.2. The van der Waals surface area contributed by atoms with Crippen LogP contribution in [0, 0.1) is 6.57 Å². The number of benzene rings is 2. The third-order valence-corrected chi connectivity index (χ3v) is 4.24. The maximum atomic E-state index is 11.9. The summed E-state index contributed by atoms with van der Waals surface area (Å²) >= 11 is 0. The fourth-order valence-corrected chi connectivity index (χ4v) is 2.71. The number of Topliss-reactive ketones (excluding diaryl/α,β-unsaturated/α-hetero) is 2. The second-order valence-electron chi connectivity index (χ2n) is 6.27. The van der Waals surface area contributed by atoms with Crippen LogP contribution in [0.4, 0.5) is 5.69 Å². The fraction of sp³-hybridized carbons (Fsp3) is 0.250. The van der Waals surface area contributed by atoms with E-state index >= 15 is 0 Å². The molecule has 0 fully saturated rings. The number of ether oxygens (including phenoxy) is 2. The molecule has 0 spiro atoms. The number of hydrogen-bond acceptors (Lipinski definition) is 6. The van der Waals surface area contributed by atoms with Crippen molar-refractivity contribution in [3.63, 3.8) is 0 Å². The number of carbonyl (C=O) groups excluding carboxylic acids is 2. The summed E-state index contributed by atoms with van der Waals surface area (Å²) in [5.41, 5.74) is 1.85. The maximum absolute atomic E-state index is 11.9. The number of nitrogens with zero attached hydrogens (tertiary/aromatic N) is 1. The zero-order valence-corrected chi connectivity index (χ0v) is 15.3. The van der Waals surface area contributed by atoms with Crippen LogP contribution in [0.5, 0.6) is 17.2 Å². The molecule has 0 atom stereocenters. The molecule has 0 radical (unpaired) electrons. The Bertz CT molecular complexity index is 952. The lowest BCUT2D eigenvalue weighted by atomic mass is 9.80. The molecule has 0 bridgehead atoms. The smallest absolute Gasteiger partial charge is 0.483 e. The van der Waals surface area contributed by atoms with Crippen LogP contribution < -0.4 is 14.9 Å². The van der Waals surface area contributed by atoms with Gasteiger partial charge in [0.05, 0.1) is 19.6 Å². The molecule has 28 heavy (non-hydrogen) atoms. The van der Waals surface area contributed by atoms with Gasteiger partial charge in [0.15, 0.2) is 23.0 Å². The summed E-state index contributed by atoms with van der Waals surface area (Å²) in [6.07, 6.45) is 0.117. The first-order valence-electron chi connectivity index (χ1n) is 8.78. The maximum Gasteiger partial charge on any atom is 0.491 e. The van der Waals surface area contributed by atoms with Crippen molar-refractivity contribution >= 4 is 29.8 Å². The van der Waals surface area contributed by atoms with Crippen LogP contribution in [0.25, 0.3) is 4.85 Å². The molecule has 3 rings (SSSR count). The predicted molar refractivity (Wildman–Crippen MR) is 102 cm³/mol. The number of ketones is 2. The Morgan fingerprint density at radius 1 is 1.21 bits per heavy atom. The molecule has 1 aliphatic heterocycles. The average Bonchev–Trinajstić information content (AvgIpc) is 3.07. The second-order valence-corrected chi connectivity index (χ2v) is 6.27. The fourth-order valence-electron chi connectivity index (χ4n) is 2.71. The highest BCUT2D eigenvalue weighted by atomic mass is 16.5. The number of fused-ring (bicyclic) bond motifs is 1. The van der Waals surface area contributed by atoms with E-state index in [2.05, 4.69) is 4.85 Å². The van der Waals surface area contributed by atoms with Gasteiger partial charge in [-0.25, -0.2) is 4.85 Å². The molecule has 8 heteroatoms. The topological polar surface area (TPSA) is 86.4 Å². The lowest BCUT2D eigenvalue weighted by Crippen LogP contribution is -2.27. The molecule has 0 amide bonds. The van der Waals surface area contributed by atoms with E-state index in [9.17, 15) is 14.6 Å². The standard InChI is InChI=1S/C20H18BNO6/c1-3-15(23)10-16(24)12-26-20-9-14(22-2)4-7-19(20)28-17-5-6-18-13(8-17)11-27-21(18)25/h4-9,25H,3,10-12H2,1H3. The molecule has 7 nitrogen and oxygen atoms in total. The molecule has 142 valence electrons. The third-order valence-electron chi connectivity index (χ3n) is 4.24. The van der Waals surface area contributed by atoms with Gasteiger partial charge in [-0.1, -0.05) is 19.1 Å².